The Kier molecular flexibility index (Phi) is 3.66. The Bertz CT molecular complexity index is 525. The van der Waals surface area contributed by atoms with Gasteiger partial charge in [0.25, 0.3) is 5.91 Å². The molecule has 0 N–H and O–H groups in total. The summed E-state index contributed by atoms with van der Waals surface area (Å²) in [5.41, 5.74) is -0.314. The zero-order valence-electron chi connectivity index (χ0n) is 9.91. The number of hydrazone groups is 1. The van der Waals surface area contributed by atoms with Crippen LogP contribution in [0.4, 0.5) is 13.2 Å². The smallest absolute Gasteiger partial charge is 0.272 e. The maximum absolute atomic E-state index is 12.6. The number of amides is 1. The minimum atomic E-state index is -4.57. The van der Waals surface area contributed by atoms with Gasteiger partial charge in [-0.2, -0.15) is 18.3 Å². The molecule has 1 aliphatic rings. The summed E-state index contributed by atoms with van der Waals surface area (Å²) >= 11 is 3.26. The fraction of sp³-hybridized carbons (Fsp3) is 0.333. The fourth-order valence-corrected chi connectivity index (χ4v) is 2.05. The summed E-state index contributed by atoms with van der Waals surface area (Å²) in [4.78, 5) is 11.7. The Balaban J connectivity index is 2.19. The van der Waals surface area contributed by atoms with Crippen molar-refractivity contribution in [3.63, 3.8) is 0 Å². The Labute approximate surface area is 116 Å². The Morgan fingerprint density at radius 1 is 1.32 bits per heavy atom. The maximum atomic E-state index is 12.6. The number of alkyl halides is 3. The first-order chi connectivity index (χ1) is 8.79. The van der Waals surface area contributed by atoms with Crippen molar-refractivity contribution in [2.45, 2.75) is 19.6 Å². The highest BCUT2D eigenvalue weighted by molar-refractivity contribution is 9.10. The molecule has 7 heteroatoms. The first kappa shape index (κ1) is 14.0. The van der Waals surface area contributed by atoms with Crippen LogP contribution in [0.15, 0.2) is 33.8 Å². The summed E-state index contributed by atoms with van der Waals surface area (Å²) in [7, 11) is 0. The molecule has 102 valence electrons. The minimum absolute atomic E-state index is 0.0377. The number of nitrogens with zero attached hydrogens (tertiary/aromatic N) is 2. The quantitative estimate of drug-likeness (QED) is 0.816. The molecule has 1 unspecified atom stereocenters. The van der Waals surface area contributed by atoms with Gasteiger partial charge in [-0.25, -0.2) is 5.01 Å². The minimum Gasteiger partial charge on any atom is -0.272 e. The number of hydrogen-bond donors (Lipinski definition) is 0. The lowest BCUT2D eigenvalue weighted by Crippen LogP contribution is -2.30. The van der Waals surface area contributed by atoms with Gasteiger partial charge >= 0.3 is 6.18 Å². The molecule has 0 radical (unpaired) electrons. The molecule has 0 saturated carbocycles. The van der Waals surface area contributed by atoms with Gasteiger partial charge in [-0.15, -0.1) is 0 Å². The molecular formula is C12H10BrF3N2O. The summed E-state index contributed by atoms with van der Waals surface area (Å²) in [5, 5.41) is 4.27. The molecule has 1 aromatic carbocycles. The molecule has 3 nitrogen and oxygen atoms in total. The second-order valence-electron chi connectivity index (χ2n) is 4.23. The van der Waals surface area contributed by atoms with Gasteiger partial charge in [0, 0.05) is 4.47 Å². The van der Waals surface area contributed by atoms with E-state index in [0.29, 0.717) is 0 Å². The van der Waals surface area contributed by atoms with Gasteiger partial charge in [0.05, 0.1) is 12.5 Å². The molecule has 19 heavy (non-hydrogen) atoms. The normalized spacial score (nSPS) is 19.8. The molecule has 0 spiro atoms. The van der Waals surface area contributed by atoms with Gasteiger partial charge in [-0.3, -0.25) is 4.79 Å². The zero-order valence-corrected chi connectivity index (χ0v) is 11.5. The highest BCUT2D eigenvalue weighted by Gasteiger charge is 2.47. The van der Waals surface area contributed by atoms with Crippen LogP contribution in [-0.2, 0) is 11.3 Å². The lowest BCUT2D eigenvalue weighted by molar-refractivity contribution is -0.132. The summed E-state index contributed by atoms with van der Waals surface area (Å²) in [6.07, 6.45) is -4.57. The second kappa shape index (κ2) is 4.96. The Morgan fingerprint density at radius 3 is 2.37 bits per heavy atom. The number of benzene rings is 1. The van der Waals surface area contributed by atoms with Crippen LogP contribution < -0.4 is 0 Å². The average molecular weight is 335 g/mol. The van der Waals surface area contributed by atoms with Crippen LogP contribution >= 0.6 is 15.9 Å². The van der Waals surface area contributed by atoms with E-state index in [0.717, 1.165) is 15.0 Å². The molecule has 0 aromatic heterocycles. The van der Waals surface area contributed by atoms with Crippen LogP contribution in [0.2, 0.25) is 0 Å². The van der Waals surface area contributed by atoms with E-state index in [2.05, 4.69) is 21.0 Å². The van der Waals surface area contributed by atoms with Crippen LogP contribution in [0.25, 0.3) is 0 Å². The molecule has 0 aliphatic carbocycles. The zero-order chi connectivity index (χ0) is 14.2. The standard InChI is InChI=1S/C12H10BrF3N2O/c1-7-10(12(14,15)16)17-18(11(7)19)6-8-2-4-9(13)5-3-8/h2-5,7H,6H2,1H3. The van der Waals surface area contributed by atoms with E-state index in [9.17, 15) is 18.0 Å². The van der Waals surface area contributed by atoms with Gasteiger partial charge in [-0.05, 0) is 24.6 Å². The van der Waals surface area contributed by atoms with Gasteiger partial charge < -0.3 is 0 Å². The van der Waals surface area contributed by atoms with Crippen LogP contribution in [-0.4, -0.2) is 22.8 Å². The van der Waals surface area contributed by atoms with E-state index in [1.54, 1.807) is 24.3 Å². The van der Waals surface area contributed by atoms with Crippen molar-refractivity contribution in [1.29, 1.82) is 0 Å². The SMILES string of the molecule is CC1C(=O)N(Cc2ccc(Br)cc2)N=C1C(F)(F)F. The summed E-state index contributed by atoms with van der Waals surface area (Å²) in [6, 6.07) is 6.97. The molecule has 1 amide bonds. The van der Waals surface area contributed by atoms with E-state index in [4.69, 9.17) is 0 Å². The van der Waals surface area contributed by atoms with Crippen LogP contribution in [0, 0.1) is 5.92 Å². The first-order valence-corrected chi connectivity index (χ1v) is 6.30. The van der Waals surface area contributed by atoms with Crippen molar-refractivity contribution in [2.24, 2.45) is 11.0 Å². The lowest BCUT2D eigenvalue weighted by Gasteiger charge is -2.12. The molecule has 1 aliphatic heterocycles. The molecular weight excluding hydrogens is 325 g/mol. The molecule has 0 fully saturated rings. The van der Waals surface area contributed by atoms with Gasteiger partial charge in [-0.1, -0.05) is 28.1 Å². The number of carbonyl (C=O) groups is 1. The average Bonchev–Trinajstić information content (AvgIpc) is 2.60. The molecule has 1 atom stereocenters. The highest BCUT2D eigenvalue weighted by atomic mass is 79.9. The summed E-state index contributed by atoms with van der Waals surface area (Å²) < 4.78 is 38.8. The first-order valence-electron chi connectivity index (χ1n) is 5.50. The number of rotatable bonds is 2. The number of hydrogen-bond acceptors (Lipinski definition) is 2. The van der Waals surface area contributed by atoms with E-state index >= 15 is 0 Å². The van der Waals surface area contributed by atoms with Crippen LogP contribution in [0.5, 0.6) is 0 Å². The third kappa shape index (κ3) is 2.97. The molecule has 1 aromatic rings. The highest BCUT2D eigenvalue weighted by Crippen LogP contribution is 2.29. The Hall–Kier alpha value is -1.37. The topological polar surface area (TPSA) is 32.7 Å². The fourth-order valence-electron chi connectivity index (χ4n) is 1.78. The lowest BCUT2D eigenvalue weighted by atomic mass is 10.1. The summed E-state index contributed by atoms with van der Waals surface area (Å²) in [6.45, 7) is 1.26. The third-order valence-electron chi connectivity index (χ3n) is 2.80. The van der Waals surface area contributed by atoms with E-state index in [-0.39, 0.29) is 6.54 Å². The predicted molar refractivity (Wildman–Crippen MR) is 67.3 cm³/mol. The molecule has 0 bridgehead atoms. The van der Waals surface area contributed by atoms with Crippen molar-refractivity contribution in [3.05, 3.63) is 34.3 Å². The van der Waals surface area contributed by atoms with Gasteiger partial charge in [0.1, 0.15) is 0 Å². The van der Waals surface area contributed by atoms with E-state index in [1.807, 2.05) is 0 Å². The van der Waals surface area contributed by atoms with Gasteiger partial charge in [0.15, 0.2) is 5.71 Å². The van der Waals surface area contributed by atoms with Crippen molar-refractivity contribution in [3.8, 4) is 0 Å². The predicted octanol–water partition coefficient (Wildman–Crippen LogP) is 3.35. The maximum Gasteiger partial charge on any atom is 0.431 e. The van der Waals surface area contributed by atoms with Crippen molar-refractivity contribution in [2.75, 3.05) is 0 Å². The van der Waals surface area contributed by atoms with E-state index in [1.165, 1.54) is 6.92 Å². The monoisotopic (exact) mass is 334 g/mol. The molecule has 0 saturated heterocycles. The van der Waals surface area contributed by atoms with Crippen molar-refractivity contribution < 1.29 is 18.0 Å². The third-order valence-corrected chi connectivity index (χ3v) is 3.33. The number of halogens is 4. The molecule has 2 rings (SSSR count). The van der Waals surface area contributed by atoms with Gasteiger partial charge in [0.2, 0.25) is 0 Å². The van der Waals surface area contributed by atoms with E-state index < -0.39 is 23.7 Å². The number of carbonyl (C=O) groups excluding carboxylic acids is 1. The van der Waals surface area contributed by atoms with Crippen LogP contribution in [0.3, 0.4) is 0 Å². The molecule has 1 heterocycles. The Morgan fingerprint density at radius 2 is 1.89 bits per heavy atom. The van der Waals surface area contributed by atoms with Crippen molar-refractivity contribution >= 4 is 27.5 Å². The van der Waals surface area contributed by atoms with Crippen molar-refractivity contribution in [1.82, 2.24) is 5.01 Å². The second-order valence-corrected chi connectivity index (χ2v) is 5.14. The van der Waals surface area contributed by atoms with Crippen LogP contribution in [0.1, 0.15) is 12.5 Å². The summed E-state index contributed by atoms with van der Waals surface area (Å²) in [5.74, 6) is -1.87. The largest absolute Gasteiger partial charge is 0.431 e.